The predicted molar refractivity (Wildman–Crippen MR) is 162 cm³/mol. The van der Waals surface area contributed by atoms with Gasteiger partial charge in [0.2, 0.25) is 0 Å². The van der Waals surface area contributed by atoms with Crippen molar-refractivity contribution in [2.75, 3.05) is 19.3 Å². The maximum Gasteiger partial charge on any atom is 0.387 e. The zero-order valence-corrected chi connectivity index (χ0v) is 25.0. The smallest absolute Gasteiger partial charge is 0.387 e. The van der Waals surface area contributed by atoms with Crippen molar-refractivity contribution in [1.82, 2.24) is 15.3 Å². The van der Waals surface area contributed by atoms with E-state index in [1.165, 1.54) is 42.1 Å². The minimum absolute atomic E-state index is 0.0727. The second-order valence-electron chi connectivity index (χ2n) is 9.53. The summed E-state index contributed by atoms with van der Waals surface area (Å²) in [5.41, 5.74) is 3.89. The third-order valence-electron chi connectivity index (χ3n) is 6.51. The molecule has 1 aliphatic carbocycles. The number of aromatic nitrogens is 2. The van der Waals surface area contributed by atoms with Crippen molar-refractivity contribution in [3.8, 4) is 0 Å². The molecular weight excluding hydrogens is 552 g/mol. The van der Waals surface area contributed by atoms with E-state index >= 15 is 0 Å². The number of nitrogens with one attached hydrogen (secondary N) is 2. The molecule has 1 fully saturated rings. The SMILES string of the molecule is C/C=C(OC(F)F)\C(=C/CC)c1cc2nc(C(CCNC)c3ccc(SCC4CC4)cc3)[nH]c2cc1Cl.CC=O. The number of imidazole rings is 1. The van der Waals surface area contributed by atoms with E-state index in [-0.39, 0.29) is 11.7 Å². The van der Waals surface area contributed by atoms with Crippen molar-refractivity contribution in [3.05, 3.63) is 76.3 Å². The molecule has 9 heteroatoms. The van der Waals surface area contributed by atoms with E-state index in [9.17, 15) is 8.78 Å². The van der Waals surface area contributed by atoms with Gasteiger partial charge < -0.3 is 19.8 Å². The highest BCUT2D eigenvalue weighted by atomic mass is 35.5. The standard InChI is InChI=1S/C29H34ClF2N3OS.C2H4O/c1-4-6-22(27(5-2)36-29(31)32)23-15-25-26(16-24(23)30)35-28(34-25)21(13-14-33-3)19-9-11-20(12-10-19)37-17-18-7-8-18;1-2-3/h5-6,9-12,15-16,18,21,29,33H,4,7-8,13-14,17H2,1-3H3,(H,34,35);2H,1H3/b22-6-,27-5+;. The summed E-state index contributed by atoms with van der Waals surface area (Å²) in [5, 5.41) is 3.70. The van der Waals surface area contributed by atoms with Gasteiger partial charge in [0.05, 0.1) is 16.1 Å². The number of hydrogen-bond acceptors (Lipinski definition) is 5. The highest BCUT2D eigenvalue weighted by Crippen LogP contribution is 2.37. The molecule has 2 N–H and O–H groups in total. The zero-order valence-electron chi connectivity index (χ0n) is 23.5. The maximum absolute atomic E-state index is 13.1. The molecular formula is C31H38ClF2N3O2S. The van der Waals surface area contributed by atoms with Crippen LogP contribution >= 0.6 is 23.4 Å². The molecule has 0 bridgehead atoms. The molecule has 1 saturated carbocycles. The molecule has 40 heavy (non-hydrogen) atoms. The summed E-state index contributed by atoms with van der Waals surface area (Å²) in [6, 6.07) is 12.5. The number of thioether (sulfide) groups is 1. The number of aromatic amines is 1. The number of nitrogens with zero attached hydrogens (tertiary/aromatic N) is 1. The second-order valence-corrected chi connectivity index (χ2v) is 11.0. The van der Waals surface area contributed by atoms with E-state index < -0.39 is 6.61 Å². The van der Waals surface area contributed by atoms with Crippen molar-refractivity contribution < 1.29 is 18.3 Å². The molecule has 5 nitrogen and oxygen atoms in total. The molecule has 2 aromatic carbocycles. The number of allylic oxidation sites excluding steroid dienone is 3. The first-order chi connectivity index (χ1) is 19.3. The fourth-order valence-electron chi connectivity index (χ4n) is 4.40. The summed E-state index contributed by atoms with van der Waals surface area (Å²) in [6.45, 7) is 2.97. The van der Waals surface area contributed by atoms with E-state index in [0.717, 1.165) is 42.0 Å². The van der Waals surface area contributed by atoms with Crippen LogP contribution in [-0.2, 0) is 9.53 Å². The molecule has 1 unspecified atom stereocenters. The Labute approximate surface area is 244 Å². The number of ether oxygens (including phenoxy) is 1. The van der Waals surface area contributed by atoms with Crippen molar-refractivity contribution >= 4 is 46.3 Å². The van der Waals surface area contributed by atoms with Crippen molar-refractivity contribution in [2.24, 2.45) is 5.92 Å². The lowest BCUT2D eigenvalue weighted by Gasteiger charge is -2.15. The van der Waals surface area contributed by atoms with Crippen LogP contribution in [0, 0.1) is 5.92 Å². The van der Waals surface area contributed by atoms with Crippen LogP contribution in [0.5, 0.6) is 0 Å². The average molecular weight is 590 g/mol. The number of carbonyl (C=O) groups is 1. The topological polar surface area (TPSA) is 67.0 Å². The average Bonchev–Trinajstić information content (AvgIpc) is 3.68. The van der Waals surface area contributed by atoms with Gasteiger partial charge in [-0.1, -0.05) is 36.7 Å². The molecule has 4 rings (SSSR count). The zero-order chi connectivity index (χ0) is 29.1. The van der Waals surface area contributed by atoms with Gasteiger partial charge in [-0.15, -0.1) is 11.8 Å². The molecule has 216 valence electrons. The molecule has 1 aromatic heterocycles. The molecule has 0 radical (unpaired) electrons. The van der Waals surface area contributed by atoms with Crippen LogP contribution in [0.4, 0.5) is 8.78 Å². The number of halogens is 3. The Morgan fingerprint density at radius 2 is 1.95 bits per heavy atom. The van der Waals surface area contributed by atoms with Crippen LogP contribution in [0.1, 0.15) is 69.3 Å². The summed E-state index contributed by atoms with van der Waals surface area (Å²) >= 11 is 8.59. The first-order valence-corrected chi connectivity index (χ1v) is 15.0. The van der Waals surface area contributed by atoms with Gasteiger partial charge in [-0.2, -0.15) is 8.78 Å². The lowest BCUT2D eigenvalue weighted by Crippen LogP contribution is -2.14. The molecule has 0 aliphatic heterocycles. The van der Waals surface area contributed by atoms with Crippen LogP contribution in [0.2, 0.25) is 5.02 Å². The quantitative estimate of drug-likeness (QED) is 0.0904. The van der Waals surface area contributed by atoms with E-state index in [1.54, 1.807) is 6.92 Å². The number of aldehydes is 1. The van der Waals surface area contributed by atoms with Crippen molar-refractivity contribution in [3.63, 3.8) is 0 Å². The fraction of sp³-hybridized carbons (Fsp3) is 0.419. The third-order valence-corrected chi connectivity index (χ3v) is 8.07. The van der Waals surface area contributed by atoms with Crippen LogP contribution < -0.4 is 5.32 Å². The number of alkyl halides is 2. The third kappa shape index (κ3) is 8.91. The first kappa shape index (κ1) is 31.8. The van der Waals surface area contributed by atoms with E-state index in [4.69, 9.17) is 26.1 Å². The van der Waals surface area contributed by atoms with Gasteiger partial charge in [0.15, 0.2) is 0 Å². The molecule has 1 aliphatic rings. The number of carbonyl (C=O) groups excluding carboxylic acids is 1. The summed E-state index contributed by atoms with van der Waals surface area (Å²) in [7, 11) is 1.95. The van der Waals surface area contributed by atoms with Gasteiger partial charge in [0, 0.05) is 27.7 Å². The van der Waals surface area contributed by atoms with Gasteiger partial charge >= 0.3 is 6.61 Å². The Hall–Kier alpha value is -2.68. The van der Waals surface area contributed by atoms with Gasteiger partial charge in [-0.05, 0) is 94.9 Å². The minimum Gasteiger partial charge on any atom is -0.435 e. The Balaban J connectivity index is 0.00000141. The Bertz CT molecular complexity index is 1300. The van der Waals surface area contributed by atoms with Gasteiger partial charge in [-0.25, -0.2) is 4.98 Å². The van der Waals surface area contributed by atoms with Crippen molar-refractivity contribution in [1.29, 1.82) is 0 Å². The number of fused-ring (bicyclic) bond motifs is 1. The monoisotopic (exact) mass is 589 g/mol. The highest BCUT2D eigenvalue weighted by Gasteiger charge is 2.23. The van der Waals surface area contributed by atoms with Crippen molar-refractivity contribution in [2.45, 2.75) is 63.9 Å². The first-order valence-electron chi connectivity index (χ1n) is 13.6. The Kier molecular flexibility index (Phi) is 12.7. The summed E-state index contributed by atoms with van der Waals surface area (Å²) in [5.74, 6) is 3.11. The fourth-order valence-corrected chi connectivity index (χ4v) is 5.75. The maximum atomic E-state index is 13.1. The lowest BCUT2D eigenvalue weighted by molar-refractivity contribution is -0.106. The van der Waals surface area contributed by atoms with Gasteiger partial charge in [-0.3, -0.25) is 0 Å². The minimum atomic E-state index is -2.92. The Morgan fingerprint density at radius 3 is 2.52 bits per heavy atom. The molecule has 1 atom stereocenters. The lowest BCUT2D eigenvalue weighted by atomic mass is 9.95. The predicted octanol–water partition coefficient (Wildman–Crippen LogP) is 8.60. The van der Waals surface area contributed by atoms with Crippen LogP contribution in [0.15, 0.2) is 59.2 Å². The van der Waals surface area contributed by atoms with Gasteiger partial charge in [0.1, 0.15) is 17.9 Å². The van der Waals surface area contributed by atoms with E-state index in [2.05, 4.69) is 34.6 Å². The van der Waals surface area contributed by atoms with E-state index in [1.807, 2.05) is 43.9 Å². The number of rotatable bonds is 13. The van der Waals surface area contributed by atoms with Crippen LogP contribution in [0.3, 0.4) is 0 Å². The number of hydrogen-bond donors (Lipinski definition) is 2. The van der Waals surface area contributed by atoms with E-state index in [0.29, 0.717) is 22.6 Å². The molecule has 0 amide bonds. The summed E-state index contributed by atoms with van der Waals surface area (Å²) in [4.78, 5) is 18.5. The largest absolute Gasteiger partial charge is 0.435 e. The van der Waals surface area contributed by atoms with Gasteiger partial charge in [0.25, 0.3) is 0 Å². The highest BCUT2D eigenvalue weighted by molar-refractivity contribution is 7.99. The molecule has 0 saturated heterocycles. The number of H-pyrrole nitrogens is 1. The normalized spacial score (nSPS) is 14.7. The molecule has 3 aromatic rings. The number of benzene rings is 2. The van der Waals surface area contributed by atoms with Crippen LogP contribution in [-0.4, -0.2) is 42.2 Å². The summed E-state index contributed by atoms with van der Waals surface area (Å²) in [6.07, 6.45) is 8.36. The van der Waals surface area contributed by atoms with Crippen LogP contribution in [0.25, 0.3) is 16.6 Å². The Morgan fingerprint density at radius 1 is 1.25 bits per heavy atom. The molecule has 1 heterocycles. The molecule has 0 spiro atoms. The summed E-state index contributed by atoms with van der Waals surface area (Å²) < 4.78 is 30.9. The second kappa shape index (κ2) is 15.9.